The molecule has 0 saturated carbocycles. The molecule has 0 bridgehead atoms. The van der Waals surface area contributed by atoms with Gasteiger partial charge in [0.2, 0.25) is 5.89 Å². The molecule has 0 aliphatic rings. The molecular formula is C22H16Br2N2O3. The van der Waals surface area contributed by atoms with Gasteiger partial charge in [-0.05, 0) is 70.9 Å². The van der Waals surface area contributed by atoms with Crippen LogP contribution in [0.4, 0.5) is 5.69 Å². The van der Waals surface area contributed by atoms with Gasteiger partial charge in [-0.3, -0.25) is 4.79 Å². The lowest BCUT2D eigenvalue weighted by Crippen LogP contribution is -2.20. The summed E-state index contributed by atoms with van der Waals surface area (Å²) in [6.07, 6.45) is 0. The number of carbonyl (C=O) groups is 1. The number of rotatable bonds is 5. The van der Waals surface area contributed by atoms with E-state index in [0.29, 0.717) is 17.3 Å². The van der Waals surface area contributed by atoms with E-state index in [1.165, 1.54) is 0 Å². The summed E-state index contributed by atoms with van der Waals surface area (Å²) in [5.41, 5.74) is 3.87. The molecule has 0 unspecified atom stereocenters. The lowest BCUT2D eigenvalue weighted by molar-refractivity contribution is -0.118. The number of halogens is 2. The zero-order valence-corrected chi connectivity index (χ0v) is 18.6. The van der Waals surface area contributed by atoms with E-state index in [2.05, 4.69) is 42.2 Å². The Morgan fingerprint density at radius 1 is 1.10 bits per heavy atom. The van der Waals surface area contributed by atoms with E-state index in [-0.39, 0.29) is 12.5 Å². The number of hydrogen-bond acceptors (Lipinski definition) is 4. The van der Waals surface area contributed by atoms with Crippen LogP contribution in [-0.4, -0.2) is 17.5 Å². The van der Waals surface area contributed by atoms with Gasteiger partial charge in [-0.1, -0.05) is 34.1 Å². The Balaban J connectivity index is 1.46. The van der Waals surface area contributed by atoms with Gasteiger partial charge in [-0.15, -0.1) is 0 Å². The first-order valence-corrected chi connectivity index (χ1v) is 10.4. The second-order valence-corrected chi connectivity index (χ2v) is 8.21. The Morgan fingerprint density at radius 3 is 2.72 bits per heavy atom. The van der Waals surface area contributed by atoms with Crippen molar-refractivity contribution in [1.29, 1.82) is 0 Å². The monoisotopic (exact) mass is 514 g/mol. The maximum absolute atomic E-state index is 12.4. The largest absolute Gasteiger partial charge is 0.482 e. The molecule has 1 N–H and O–H groups in total. The van der Waals surface area contributed by atoms with Crippen molar-refractivity contribution in [2.45, 2.75) is 6.92 Å². The molecule has 4 aromatic rings. The van der Waals surface area contributed by atoms with Crippen molar-refractivity contribution in [3.8, 4) is 17.2 Å². The van der Waals surface area contributed by atoms with E-state index in [1.54, 1.807) is 0 Å². The highest BCUT2D eigenvalue weighted by Gasteiger charge is 2.12. The number of para-hydroxylation sites is 2. The van der Waals surface area contributed by atoms with E-state index in [9.17, 15) is 4.79 Å². The number of oxazole rings is 1. The second-order valence-electron chi connectivity index (χ2n) is 6.44. The fourth-order valence-corrected chi connectivity index (χ4v) is 4.49. The Morgan fingerprint density at radius 2 is 1.93 bits per heavy atom. The molecule has 0 aliphatic carbocycles. The van der Waals surface area contributed by atoms with E-state index in [0.717, 1.165) is 31.2 Å². The quantitative estimate of drug-likeness (QED) is 0.336. The van der Waals surface area contributed by atoms with Crippen LogP contribution in [0.25, 0.3) is 22.6 Å². The predicted octanol–water partition coefficient (Wildman–Crippen LogP) is 6.35. The number of benzene rings is 3. The Labute approximate surface area is 184 Å². The maximum Gasteiger partial charge on any atom is 0.262 e. The van der Waals surface area contributed by atoms with Crippen LogP contribution < -0.4 is 10.1 Å². The van der Waals surface area contributed by atoms with Crippen LogP contribution in [0.15, 0.2) is 74.0 Å². The Hall–Kier alpha value is -2.64. The number of aromatic nitrogens is 1. The standard InChI is InChI=1S/C22H16Br2N2O3/c1-13-9-15(23)11-17(24)21(13)28-12-20(27)25-16-6-4-5-14(10-16)22-26-18-7-2-3-8-19(18)29-22/h2-11H,12H2,1H3,(H,25,27). The second kappa shape index (κ2) is 8.39. The first-order valence-electron chi connectivity index (χ1n) is 8.84. The highest BCUT2D eigenvalue weighted by Crippen LogP contribution is 2.32. The molecule has 7 heteroatoms. The lowest BCUT2D eigenvalue weighted by Gasteiger charge is -2.12. The van der Waals surface area contributed by atoms with Crippen LogP contribution in [0.3, 0.4) is 0 Å². The molecule has 5 nitrogen and oxygen atoms in total. The van der Waals surface area contributed by atoms with Gasteiger partial charge in [0, 0.05) is 15.7 Å². The van der Waals surface area contributed by atoms with Crippen LogP contribution >= 0.6 is 31.9 Å². The molecule has 4 rings (SSSR count). The third-order valence-corrected chi connectivity index (χ3v) is 5.28. The summed E-state index contributed by atoms with van der Waals surface area (Å²) >= 11 is 6.89. The van der Waals surface area contributed by atoms with Crippen molar-refractivity contribution < 1.29 is 13.9 Å². The smallest absolute Gasteiger partial charge is 0.262 e. The summed E-state index contributed by atoms with van der Waals surface area (Å²) in [6.45, 7) is 1.82. The van der Waals surface area contributed by atoms with Gasteiger partial charge in [0.05, 0.1) is 4.47 Å². The Kier molecular flexibility index (Phi) is 5.69. The van der Waals surface area contributed by atoms with E-state index in [4.69, 9.17) is 9.15 Å². The average molecular weight is 516 g/mol. The minimum absolute atomic E-state index is 0.103. The molecule has 146 valence electrons. The van der Waals surface area contributed by atoms with Gasteiger partial charge in [0.25, 0.3) is 5.91 Å². The molecular weight excluding hydrogens is 500 g/mol. The summed E-state index contributed by atoms with van der Waals surface area (Å²) in [5, 5.41) is 2.85. The van der Waals surface area contributed by atoms with Gasteiger partial charge >= 0.3 is 0 Å². The highest BCUT2D eigenvalue weighted by atomic mass is 79.9. The van der Waals surface area contributed by atoms with E-state index < -0.39 is 0 Å². The molecule has 1 amide bonds. The molecule has 1 heterocycles. The minimum atomic E-state index is -0.256. The topological polar surface area (TPSA) is 64.4 Å². The summed E-state index contributed by atoms with van der Waals surface area (Å²) in [5.74, 6) is 0.894. The van der Waals surface area contributed by atoms with Crippen LogP contribution in [0.1, 0.15) is 5.56 Å². The number of amides is 1. The van der Waals surface area contributed by atoms with Gasteiger partial charge < -0.3 is 14.5 Å². The molecule has 0 saturated heterocycles. The van der Waals surface area contributed by atoms with Gasteiger partial charge in [-0.2, -0.15) is 0 Å². The number of carbonyl (C=O) groups excluding carboxylic acids is 1. The molecule has 1 aromatic heterocycles. The third-order valence-electron chi connectivity index (χ3n) is 4.23. The molecule has 0 radical (unpaired) electrons. The van der Waals surface area contributed by atoms with Crippen molar-refractivity contribution >= 4 is 54.6 Å². The molecule has 0 aliphatic heterocycles. The fraction of sp³-hybridized carbons (Fsp3) is 0.0909. The van der Waals surface area contributed by atoms with E-state index >= 15 is 0 Å². The lowest BCUT2D eigenvalue weighted by atomic mass is 10.2. The molecule has 0 spiro atoms. The van der Waals surface area contributed by atoms with Crippen LogP contribution in [0, 0.1) is 6.92 Å². The normalized spacial score (nSPS) is 10.9. The van der Waals surface area contributed by atoms with E-state index in [1.807, 2.05) is 67.6 Å². The first kappa shape index (κ1) is 19.7. The van der Waals surface area contributed by atoms with Gasteiger partial charge in [-0.25, -0.2) is 4.98 Å². The number of nitrogens with one attached hydrogen (secondary N) is 1. The number of fused-ring (bicyclic) bond motifs is 1. The number of hydrogen-bond donors (Lipinski definition) is 1. The summed E-state index contributed by atoms with van der Waals surface area (Å²) < 4.78 is 13.2. The van der Waals surface area contributed by atoms with Crippen LogP contribution in [0.2, 0.25) is 0 Å². The zero-order chi connectivity index (χ0) is 20.4. The summed E-state index contributed by atoms with van der Waals surface area (Å²) in [7, 11) is 0. The van der Waals surface area contributed by atoms with Crippen molar-refractivity contribution in [2.24, 2.45) is 0 Å². The van der Waals surface area contributed by atoms with Gasteiger partial charge in [0.1, 0.15) is 11.3 Å². The SMILES string of the molecule is Cc1cc(Br)cc(Br)c1OCC(=O)Nc1cccc(-c2nc3ccccc3o2)c1. The average Bonchev–Trinajstić information content (AvgIpc) is 3.11. The van der Waals surface area contributed by atoms with Crippen molar-refractivity contribution in [1.82, 2.24) is 4.98 Å². The fourth-order valence-electron chi connectivity index (χ4n) is 2.93. The number of ether oxygens (including phenoxy) is 1. The third kappa shape index (κ3) is 4.52. The van der Waals surface area contributed by atoms with Gasteiger partial charge in [0.15, 0.2) is 12.2 Å². The van der Waals surface area contributed by atoms with Crippen molar-refractivity contribution in [3.63, 3.8) is 0 Å². The summed E-state index contributed by atoms with van der Waals surface area (Å²) in [4.78, 5) is 16.9. The maximum atomic E-state index is 12.4. The summed E-state index contributed by atoms with van der Waals surface area (Å²) in [6, 6.07) is 18.8. The number of nitrogens with zero attached hydrogens (tertiary/aromatic N) is 1. The van der Waals surface area contributed by atoms with Crippen molar-refractivity contribution in [3.05, 3.63) is 75.2 Å². The zero-order valence-electron chi connectivity index (χ0n) is 15.4. The molecule has 0 fully saturated rings. The van der Waals surface area contributed by atoms with Crippen molar-refractivity contribution in [2.75, 3.05) is 11.9 Å². The number of anilines is 1. The van der Waals surface area contributed by atoms with Crippen LogP contribution in [0.5, 0.6) is 5.75 Å². The highest BCUT2D eigenvalue weighted by molar-refractivity contribution is 9.11. The molecule has 29 heavy (non-hydrogen) atoms. The first-order chi connectivity index (χ1) is 14.0. The predicted molar refractivity (Wildman–Crippen MR) is 120 cm³/mol. The molecule has 0 atom stereocenters. The Bertz CT molecular complexity index is 1150. The van der Waals surface area contributed by atoms with Crippen LogP contribution in [-0.2, 0) is 4.79 Å². The number of aryl methyl sites for hydroxylation is 1. The molecule has 3 aromatic carbocycles. The minimum Gasteiger partial charge on any atom is -0.482 e.